The van der Waals surface area contributed by atoms with E-state index in [1.807, 2.05) is 0 Å². The van der Waals surface area contributed by atoms with Crippen molar-refractivity contribution in [3.05, 3.63) is 0 Å². The van der Waals surface area contributed by atoms with Gasteiger partial charge in [-0.05, 0) is 37.7 Å². The molecule has 0 aliphatic rings. The molecule has 0 aromatic carbocycles. The van der Waals surface area contributed by atoms with Crippen LogP contribution < -0.4 is 33.2 Å². The topological polar surface area (TPSA) is 252 Å². The lowest BCUT2D eigenvalue weighted by Crippen LogP contribution is -2.57. The van der Waals surface area contributed by atoms with Crippen molar-refractivity contribution < 1.29 is 34.2 Å². The highest BCUT2D eigenvalue weighted by Crippen LogP contribution is 2.06. The Morgan fingerprint density at radius 3 is 1.94 bits per heavy atom. The number of rotatable bonds is 18. The van der Waals surface area contributed by atoms with Gasteiger partial charge in [-0.1, -0.05) is 0 Å². The van der Waals surface area contributed by atoms with E-state index in [0.717, 1.165) is 0 Å². The summed E-state index contributed by atoms with van der Waals surface area (Å²) < 4.78 is 0. The number of guanidine groups is 1. The molecule has 0 saturated heterocycles. The van der Waals surface area contributed by atoms with Crippen LogP contribution >= 0.6 is 24.4 Å². The Kier molecular flexibility index (Phi) is 16.3. The normalized spacial score (nSPS) is 14.0. The number of amides is 3. The summed E-state index contributed by atoms with van der Waals surface area (Å²) in [6, 6.07) is -4.62. The summed E-state index contributed by atoms with van der Waals surface area (Å²) in [5, 5.41) is 25.3. The maximum Gasteiger partial charge on any atom is 0.327 e. The van der Waals surface area contributed by atoms with Gasteiger partial charge in [-0.15, -0.1) is 0 Å². The van der Waals surface area contributed by atoms with Gasteiger partial charge in [0.15, 0.2) is 5.96 Å². The van der Waals surface area contributed by atoms with Gasteiger partial charge in [-0.2, -0.15) is 24.4 Å². The van der Waals surface area contributed by atoms with E-state index in [9.17, 15) is 24.0 Å². The van der Waals surface area contributed by atoms with Crippen LogP contribution in [0.5, 0.6) is 0 Å². The zero-order valence-corrected chi connectivity index (χ0v) is 21.1. The maximum atomic E-state index is 13.0. The Hall–Kier alpha value is -2.72. The van der Waals surface area contributed by atoms with E-state index in [4.69, 9.17) is 27.4 Å². The van der Waals surface area contributed by atoms with Gasteiger partial charge in [0.2, 0.25) is 17.7 Å². The molecule has 0 spiro atoms. The molecule has 0 aromatic rings. The van der Waals surface area contributed by atoms with Crippen LogP contribution in [-0.4, -0.2) is 94.3 Å². The number of carboxylic acids is 2. The van der Waals surface area contributed by atoms with Crippen molar-refractivity contribution in [1.29, 1.82) is 0 Å². The van der Waals surface area contributed by atoms with Crippen molar-refractivity contribution in [3.8, 4) is 0 Å². The average molecular weight is 538 g/mol. The first-order chi connectivity index (χ1) is 16.4. The summed E-state index contributed by atoms with van der Waals surface area (Å²) in [6.45, 7) is 0.172. The molecule has 0 fully saturated rings. The van der Waals surface area contributed by atoms with Crippen molar-refractivity contribution in [3.63, 3.8) is 0 Å². The number of nitrogens with one attached hydrogen (secondary N) is 3. The van der Waals surface area contributed by atoms with E-state index in [-0.39, 0.29) is 43.9 Å². The van der Waals surface area contributed by atoms with Crippen LogP contribution in [0.2, 0.25) is 0 Å². The number of nitrogens with two attached hydrogens (primary N) is 3. The molecule has 0 aliphatic heterocycles. The lowest BCUT2D eigenvalue weighted by molar-refractivity contribution is -0.141. The van der Waals surface area contributed by atoms with Gasteiger partial charge in [0, 0.05) is 18.7 Å². The molecule has 0 bridgehead atoms. The van der Waals surface area contributed by atoms with E-state index in [2.05, 4.69) is 33.6 Å². The fraction of sp³-hybridized carbons (Fsp3) is 0.684. The summed E-state index contributed by atoms with van der Waals surface area (Å²) in [5.74, 6) is -4.35. The van der Waals surface area contributed by atoms with Gasteiger partial charge in [-0.25, -0.2) is 4.79 Å². The molecule has 14 nitrogen and oxygen atoms in total. The molecule has 200 valence electrons. The monoisotopic (exact) mass is 537 g/mol. The highest BCUT2D eigenvalue weighted by atomic mass is 32.2. The van der Waals surface area contributed by atoms with Crippen molar-refractivity contribution in [2.45, 2.75) is 56.3 Å². The van der Waals surface area contributed by atoms with E-state index < -0.39 is 53.8 Å². The first-order valence-corrected chi connectivity index (χ1v) is 12.7. The number of hydrogen-bond donors (Lipinski definition) is 9. The van der Waals surface area contributed by atoms with Crippen LogP contribution in [0, 0.1) is 0 Å². The molecule has 11 N–H and O–H groups in total. The molecule has 16 heteroatoms. The predicted molar refractivity (Wildman–Crippen MR) is 135 cm³/mol. The van der Waals surface area contributed by atoms with Crippen LogP contribution in [0.3, 0.4) is 0 Å². The minimum absolute atomic E-state index is 0.0886. The number of thioether (sulfide) groups is 1. The number of carbonyl (C=O) groups excluding carboxylic acids is 3. The van der Waals surface area contributed by atoms with E-state index in [1.165, 1.54) is 11.8 Å². The second kappa shape index (κ2) is 17.7. The van der Waals surface area contributed by atoms with Crippen molar-refractivity contribution in [2.24, 2.45) is 22.2 Å². The Bertz CT molecular complexity index is 766. The molecule has 0 radical (unpaired) electrons. The van der Waals surface area contributed by atoms with Gasteiger partial charge in [0.05, 0.1) is 6.04 Å². The van der Waals surface area contributed by atoms with Crippen LogP contribution in [-0.2, 0) is 24.0 Å². The zero-order chi connectivity index (χ0) is 27.0. The average Bonchev–Trinajstić information content (AvgIpc) is 2.79. The van der Waals surface area contributed by atoms with Gasteiger partial charge in [-0.3, -0.25) is 24.2 Å². The van der Waals surface area contributed by atoms with Gasteiger partial charge < -0.3 is 43.4 Å². The number of hydrogen-bond acceptors (Lipinski definition) is 9. The summed E-state index contributed by atoms with van der Waals surface area (Å²) in [5.41, 5.74) is 16.3. The number of nitrogens with zero attached hydrogens (tertiary/aromatic N) is 1. The third-order valence-electron chi connectivity index (χ3n) is 4.63. The summed E-state index contributed by atoms with van der Waals surface area (Å²) >= 11 is 5.33. The van der Waals surface area contributed by atoms with Gasteiger partial charge in [0.25, 0.3) is 0 Å². The van der Waals surface area contributed by atoms with Crippen molar-refractivity contribution in [1.82, 2.24) is 16.0 Å². The van der Waals surface area contributed by atoms with Gasteiger partial charge in [0.1, 0.15) is 18.1 Å². The van der Waals surface area contributed by atoms with Crippen LogP contribution in [0.25, 0.3) is 0 Å². The highest BCUT2D eigenvalue weighted by molar-refractivity contribution is 7.98. The van der Waals surface area contributed by atoms with E-state index in [1.54, 1.807) is 6.26 Å². The van der Waals surface area contributed by atoms with Crippen LogP contribution in [0.4, 0.5) is 0 Å². The quantitative estimate of drug-likeness (QED) is 0.0381. The SMILES string of the molecule is CSCCC(NC(=O)C(CCCN=C(N)N)NC(=O)C(N)CCC(=O)O)C(=O)NC(CS)C(=O)O. The number of carbonyl (C=O) groups is 5. The molecule has 0 heterocycles. The summed E-state index contributed by atoms with van der Waals surface area (Å²) in [6.07, 6.45) is 1.92. The standard InChI is InChI=1S/C19H35N7O7S2/c1-35-8-6-12(17(31)26-13(9-34)18(32)33)25-16(30)11(3-2-7-23-19(21)22)24-15(29)10(20)4-5-14(27)28/h10-13,34H,2-9,20H2,1H3,(H,24,29)(H,25,30)(H,26,31)(H,27,28)(H,32,33)(H4,21,22,23). The lowest BCUT2D eigenvalue weighted by Gasteiger charge is -2.25. The zero-order valence-electron chi connectivity index (χ0n) is 19.4. The second-order valence-corrected chi connectivity index (χ2v) is 8.82. The lowest BCUT2D eigenvalue weighted by atomic mass is 10.1. The molecule has 0 saturated carbocycles. The Morgan fingerprint density at radius 2 is 1.46 bits per heavy atom. The summed E-state index contributed by atoms with van der Waals surface area (Å²) in [4.78, 5) is 63.9. The van der Waals surface area contributed by atoms with Crippen LogP contribution in [0.1, 0.15) is 32.1 Å². The molecule has 0 aromatic heterocycles. The number of carboxylic acid groups (broad SMARTS) is 2. The third-order valence-corrected chi connectivity index (χ3v) is 5.63. The van der Waals surface area contributed by atoms with Crippen LogP contribution in [0.15, 0.2) is 4.99 Å². The summed E-state index contributed by atoms with van der Waals surface area (Å²) in [7, 11) is 0. The minimum Gasteiger partial charge on any atom is -0.481 e. The molecule has 35 heavy (non-hydrogen) atoms. The fourth-order valence-electron chi connectivity index (χ4n) is 2.70. The molecule has 4 unspecified atom stereocenters. The molecule has 0 aliphatic carbocycles. The number of aliphatic imine (C=N–C) groups is 1. The Morgan fingerprint density at radius 1 is 0.914 bits per heavy atom. The number of thiol groups is 1. The molecule has 4 atom stereocenters. The largest absolute Gasteiger partial charge is 0.481 e. The highest BCUT2D eigenvalue weighted by Gasteiger charge is 2.29. The third kappa shape index (κ3) is 14.3. The smallest absolute Gasteiger partial charge is 0.327 e. The number of aliphatic carboxylic acids is 2. The van der Waals surface area contributed by atoms with Crippen molar-refractivity contribution in [2.75, 3.05) is 24.3 Å². The molecule has 3 amide bonds. The Balaban J connectivity index is 5.48. The van der Waals surface area contributed by atoms with E-state index >= 15 is 0 Å². The van der Waals surface area contributed by atoms with Crippen molar-refractivity contribution >= 4 is 60.0 Å². The minimum atomic E-state index is -1.27. The second-order valence-electron chi connectivity index (χ2n) is 7.47. The van der Waals surface area contributed by atoms with Gasteiger partial charge >= 0.3 is 11.9 Å². The maximum absolute atomic E-state index is 13.0. The molecule has 0 rings (SSSR count). The first kappa shape index (κ1) is 32.3. The Labute approximate surface area is 213 Å². The molecular weight excluding hydrogens is 502 g/mol. The molecular formula is C19H35N7O7S2. The fourth-order valence-corrected chi connectivity index (χ4v) is 3.41. The van der Waals surface area contributed by atoms with E-state index in [0.29, 0.717) is 12.2 Å². The first-order valence-electron chi connectivity index (χ1n) is 10.7. The predicted octanol–water partition coefficient (Wildman–Crippen LogP) is -2.55.